The van der Waals surface area contributed by atoms with Crippen molar-refractivity contribution in [3.8, 4) is 0 Å². The Kier molecular flexibility index (Phi) is 3.81. The number of carbonyl (C=O) groups excluding carboxylic acids is 1. The molecule has 0 heterocycles. The van der Waals surface area contributed by atoms with Gasteiger partial charge in [-0.15, -0.1) is 0 Å². The predicted octanol–water partition coefficient (Wildman–Crippen LogP) is 1.51. The molecule has 2 rings (SSSR count). The summed E-state index contributed by atoms with van der Waals surface area (Å²) < 4.78 is 0. The highest BCUT2D eigenvalue weighted by Gasteiger charge is 2.46. The van der Waals surface area contributed by atoms with Crippen LogP contribution in [0.15, 0.2) is 24.3 Å². The van der Waals surface area contributed by atoms with Gasteiger partial charge in [0.1, 0.15) is 6.10 Å². The fraction of sp³-hybridized carbons (Fsp3) is 0.467. The van der Waals surface area contributed by atoms with Crippen molar-refractivity contribution >= 4 is 11.9 Å². The Bertz CT molecular complexity index is 517. The number of aliphatic hydroxyl groups excluding tert-OH is 1. The van der Waals surface area contributed by atoms with Crippen LogP contribution >= 0.6 is 0 Å². The van der Waals surface area contributed by atoms with Gasteiger partial charge in [0.15, 0.2) is 0 Å². The number of hydrogen-bond donors (Lipinski definition) is 3. The van der Waals surface area contributed by atoms with Crippen molar-refractivity contribution in [3.05, 3.63) is 35.4 Å². The number of rotatable bonds is 5. The van der Waals surface area contributed by atoms with E-state index in [9.17, 15) is 14.7 Å². The molecule has 1 aromatic rings. The molecular formula is C15H19NO4. The van der Waals surface area contributed by atoms with Crippen LogP contribution in [0.3, 0.4) is 0 Å². The van der Waals surface area contributed by atoms with Crippen LogP contribution < -0.4 is 5.32 Å². The molecule has 1 amide bonds. The second kappa shape index (κ2) is 5.25. The third-order valence-corrected chi connectivity index (χ3v) is 3.70. The summed E-state index contributed by atoms with van der Waals surface area (Å²) in [7, 11) is 0. The topological polar surface area (TPSA) is 86.6 Å². The number of aromatic carboxylic acids is 1. The minimum atomic E-state index is -1.02. The Hall–Kier alpha value is -1.88. The molecule has 0 bridgehead atoms. The van der Waals surface area contributed by atoms with Crippen molar-refractivity contribution < 1.29 is 19.8 Å². The summed E-state index contributed by atoms with van der Waals surface area (Å²) in [4.78, 5) is 22.8. The fourth-order valence-corrected chi connectivity index (χ4v) is 2.16. The Labute approximate surface area is 117 Å². The number of amides is 1. The second-order valence-corrected chi connectivity index (χ2v) is 5.64. The molecule has 1 aliphatic carbocycles. The number of nitrogens with one attached hydrogen (secondary N) is 1. The third-order valence-electron chi connectivity index (χ3n) is 3.70. The molecule has 108 valence electrons. The van der Waals surface area contributed by atoms with E-state index in [1.807, 2.05) is 0 Å². The maximum atomic E-state index is 11.9. The van der Waals surface area contributed by atoms with Gasteiger partial charge in [0.25, 0.3) is 0 Å². The maximum absolute atomic E-state index is 11.9. The highest BCUT2D eigenvalue weighted by atomic mass is 16.4. The van der Waals surface area contributed by atoms with E-state index in [1.54, 1.807) is 26.0 Å². The van der Waals surface area contributed by atoms with E-state index in [0.29, 0.717) is 0 Å². The Balaban J connectivity index is 2.11. The summed E-state index contributed by atoms with van der Waals surface area (Å²) in [5.74, 6) is -1.49. The van der Waals surface area contributed by atoms with E-state index in [1.165, 1.54) is 12.1 Å². The lowest BCUT2D eigenvalue weighted by Crippen LogP contribution is -2.43. The molecule has 20 heavy (non-hydrogen) atoms. The molecule has 1 atom stereocenters. The summed E-state index contributed by atoms with van der Waals surface area (Å²) in [6, 6.07) is 6.50. The first-order chi connectivity index (χ1) is 9.35. The van der Waals surface area contributed by atoms with Gasteiger partial charge in [-0.25, -0.2) is 4.79 Å². The lowest BCUT2D eigenvalue weighted by molar-refractivity contribution is -0.132. The first kappa shape index (κ1) is 14.5. The SMILES string of the molecule is CC(C)C(O)C(=O)NC1(c2ccc(C(=O)O)cc2)CC1. The number of carboxylic acids is 1. The molecule has 5 nitrogen and oxygen atoms in total. The van der Waals surface area contributed by atoms with E-state index in [0.717, 1.165) is 18.4 Å². The monoisotopic (exact) mass is 277 g/mol. The first-order valence-electron chi connectivity index (χ1n) is 6.70. The van der Waals surface area contributed by atoms with Crippen molar-refractivity contribution in [2.45, 2.75) is 38.3 Å². The van der Waals surface area contributed by atoms with Crippen molar-refractivity contribution in [1.82, 2.24) is 5.32 Å². The zero-order valence-electron chi connectivity index (χ0n) is 11.6. The number of carbonyl (C=O) groups is 2. The summed E-state index contributed by atoms with van der Waals surface area (Å²) in [6.45, 7) is 3.57. The quantitative estimate of drug-likeness (QED) is 0.761. The van der Waals surface area contributed by atoms with Crippen LogP contribution in [0.1, 0.15) is 42.6 Å². The van der Waals surface area contributed by atoms with Crippen LogP contribution in [0.25, 0.3) is 0 Å². The van der Waals surface area contributed by atoms with Crippen molar-refractivity contribution in [2.24, 2.45) is 5.92 Å². The molecule has 0 saturated heterocycles. The number of carboxylic acid groups (broad SMARTS) is 1. The van der Waals surface area contributed by atoms with E-state index >= 15 is 0 Å². The van der Waals surface area contributed by atoms with E-state index in [2.05, 4.69) is 5.32 Å². The minimum Gasteiger partial charge on any atom is -0.478 e. The number of benzene rings is 1. The van der Waals surface area contributed by atoms with Gasteiger partial charge in [-0.3, -0.25) is 4.79 Å². The van der Waals surface area contributed by atoms with Gasteiger partial charge in [-0.1, -0.05) is 26.0 Å². The molecule has 0 radical (unpaired) electrons. The van der Waals surface area contributed by atoms with Crippen LogP contribution in [-0.4, -0.2) is 28.2 Å². The van der Waals surface area contributed by atoms with Gasteiger partial charge < -0.3 is 15.5 Å². The highest BCUT2D eigenvalue weighted by molar-refractivity contribution is 5.87. The van der Waals surface area contributed by atoms with Gasteiger partial charge in [-0.05, 0) is 36.5 Å². The lowest BCUT2D eigenvalue weighted by Gasteiger charge is -2.22. The minimum absolute atomic E-state index is 0.139. The number of hydrogen-bond acceptors (Lipinski definition) is 3. The molecular weight excluding hydrogens is 258 g/mol. The molecule has 5 heteroatoms. The zero-order chi connectivity index (χ0) is 14.9. The molecule has 1 saturated carbocycles. The highest BCUT2D eigenvalue weighted by Crippen LogP contribution is 2.45. The molecule has 0 aliphatic heterocycles. The van der Waals surface area contributed by atoms with E-state index < -0.39 is 17.6 Å². The Morgan fingerprint density at radius 1 is 1.20 bits per heavy atom. The maximum Gasteiger partial charge on any atom is 0.335 e. The van der Waals surface area contributed by atoms with Crippen LogP contribution in [0, 0.1) is 5.92 Å². The molecule has 1 unspecified atom stereocenters. The average Bonchev–Trinajstić information content (AvgIpc) is 3.18. The van der Waals surface area contributed by atoms with E-state index in [-0.39, 0.29) is 17.4 Å². The first-order valence-corrected chi connectivity index (χ1v) is 6.70. The fourth-order valence-electron chi connectivity index (χ4n) is 2.16. The van der Waals surface area contributed by atoms with Crippen LogP contribution in [0.5, 0.6) is 0 Å². The molecule has 1 aromatic carbocycles. The molecule has 3 N–H and O–H groups in total. The van der Waals surface area contributed by atoms with Gasteiger partial charge in [0.05, 0.1) is 11.1 Å². The smallest absolute Gasteiger partial charge is 0.335 e. The van der Waals surface area contributed by atoms with Gasteiger partial charge >= 0.3 is 5.97 Å². The van der Waals surface area contributed by atoms with Gasteiger partial charge in [0.2, 0.25) is 5.91 Å². The van der Waals surface area contributed by atoms with Gasteiger partial charge in [-0.2, -0.15) is 0 Å². The summed E-state index contributed by atoms with van der Waals surface area (Å²) in [5.41, 5.74) is 0.661. The molecule has 0 spiro atoms. The molecule has 1 aliphatic rings. The molecule has 1 fully saturated rings. The van der Waals surface area contributed by atoms with Crippen molar-refractivity contribution in [3.63, 3.8) is 0 Å². The van der Waals surface area contributed by atoms with Crippen LogP contribution in [0.2, 0.25) is 0 Å². The zero-order valence-corrected chi connectivity index (χ0v) is 11.6. The van der Waals surface area contributed by atoms with Gasteiger partial charge in [0, 0.05) is 0 Å². The lowest BCUT2D eigenvalue weighted by atomic mass is 10.0. The van der Waals surface area contributed by atoms with Crippen molar-refractivity contribution in [1.29, 1.82) is 0 Å². The van der Waals surface area contributed by atoms with Crippen LogP contribution in [0.4, 0.5) is 0 Å². The number of aliphatic hydroxyl groups is 1. The summed E-state index contributed by atoms with van der Waals surface area (Å²) in [6.07, 6.45) is 0.581. The Morgan fingerprint density at radius 2 is 1.75 bits per heavy atom. The molecule has 0 aromatic heterocycles. The largest absolute Gasteiger partial charge is 0.478 e. The normalized spacial score (nSPS) is 17.6. The van der Waals surface area contributed by atoms with Crippen molar-refractivity contribution in [2.75, 3.05) is 0 Å². The summed E-state index contributed by atoms with van der Waals surface area (Å²) in [5, 5.41) is 21.5. The summed E-state index contributed by atoms with van der Waals surface area (Å²) >= 11 is 0. The Morgan fingerprint density at radius 3 is 2.15 bits per heavy atom. The second-order valence-electron chi connectivity index (χ2n) is 5.64. The van der Waals surface area contributed by atoms with Crippen LogP contribution in [-0.2, 0) is 10.3 Å². The standard InChI is InChI=1S/C15H19NO4/c1-9(2)12(17)13(18)16-15(7-8-15)11-5-3-10(4-6-11)14(19)20/h3-6,9,12,17H,7-8H2,1-2H3,(H,16,18)(H,19,20). The van der Waals surface area contributed by atoms with E-state index in [4.69, 9.17) is 5.11 Å². The average molecular weight is 277 g/mol. The predicted molar refractivity (Wildman–Crippen MR) is 73.3 cm³/mol. The third kappa shape index (κ3) is 2.82.